The van der Waals surface area contributed by atoms with Gasteiger partial charge >= 0.3 is 12.0 Å². The van der Waals surface area contributed by atoms with E-state index in [1.807, 2.05) is 55.5 Å². The van der Waals surface area contributed by atoms with Gasteiger partial charge in [-0.3, -0.25) is 9.78 Å². The fourth-order valence-electron chi connectivity index (χ4n) is 8.36. The number of urea groups is 1. The van der Waals surface area contributed by atoms with Crippen LogP contribution in [0.15, 0.2) is 113 Å². The monoisotopic (exact) mass is 1000 g/mol. The second kappa shape index (κ2) is 21.6. The summed E-state index contributed by atoms with van der Waals surface area (Å²) in [7, 11) is -3.95. The Balaban J connectivity index is 0.000000201. The summed E-state index contributed by atoms with van der Waals surface area (Å²) in [6.07, 6.45) is 7.77. The lowest BCUT2D eigenvalue weighted by Crippen LogP contribution is -2.45. The van der Waals surface area contributed by atoms with E-state index < -0.39 is 28.1 Å². The molecule has 3 amide bonds. The van der Waals surface area contributed by atoms with E-state index in [0.29, 0.717) is 25.1 Å². The minimum atomic E-state index is -3.95. The first-order valence-electron chi connectivity index (χ1n) is 22.2. The number of ether oxygens (including phenoxy) is 1. The zero-order chi connectivity index (χ0) is 47.8. The van der Waals surface area contributed by atoms with Crippen molar-refractivity contribution < 1.29 is 32.6 Å². The molecule has 2 heterocycles. The van der Waals surface area contributed by atoms with E-state index in [1.54, 1.807) is 19.1 Å². The minimum absolute atomic E-state index is 0.00834. The molecule has 4 N–H and O–H groups in total. The maximum absolute atomic E-state index is 12.4. The van der Waals surface area contributed by atoms with E-state index in [0.717, 1.165) is 70.1 Å². The van der Waals surface area contributed by atoms with Gasteiger partial charge in [-0.05, 0) is 144 Å². The number of hydrogen-bond acceptors (Lipinski definition) is 9. The second-order valence-corrected chi connectivity index (χ2v) is 20.6. The number of amides is 3. The van der Waals surface area contributed by atoms with Crippen LogP contribution in [0, 0.1) is 34.6 Å². The number of nitrogens with zero attached hydrogens (tertiary/aromatic N) is 2. The lowest BCUT2D eigenvalue weighted by molar-refractivity contribution is -0.145. The predicted molar refractivity (Wildman–Crippen MR) is 269 cm³/mol. The molecule has 5 aromatic carbocycles. The third-order valence-corrected chi connectivity index (χ3v) is 15.6. The van der Waals surface area contributed by atoms with Crippen molar-refractivity contribution in [3.05, 3.63) is 152 Å². The van der Waals surface area contributed by atoms with Crippen LogP contribution in [0.5, 0.6) is 5.75 Å². The van der Waals surface area contributed by atoms with Crippen molar-refractivity contribution in [3.8, 4) is 16.9 Å². The summed E-state index contributed by atoms with van der Waals surface area (Å²) in [5.74, 6) is -0.649. The van der Waals surface area contributed by atoms with Gasteiger partial charge in [-0.25, -0.2) is 27.7 Å². The summed E-state index contributed by atoms with van der Waals surface area (Å²) in [5.41, 5.74) is 8.22. The van der Waals surface area contributed by atoms with Crippen LogP contribution in [-0.2, 0) is 27.7 Å². The van der Waals surface area contributed by atoms with Crippen molar-refractivity contribution in [2.24, 2.45) is 0 Å². The van der Waals surface area contributed by atoms with Gasteiger partial charge in [0.25, 0.3) is 15.9 Å². The summed E-state index contributed by atoms with van der Waals surface area (Å²) in [6, 6.07) is 27.9. The van der Waals surface area contributed by atoms with Gasteiger partial charge in [0, 0.05) is 39.9 Å². The van der Waals surface area contributed by atoms with Crippen LogP contribution in [0.3, 0.4) is 0 Å². The number of nitrogens with one attached hydrogen (secondary N) is 3. The molecule has 15 heteroatoms. The van der Waals surface area contributed by atoms with Crippen LogP contribution in [0.2, 0.25) is 0 Å². The lowest BCUT2D eigenvalue weighted by Gasteiger charge is -2.22. The van der Waals surface area contributed by atoms with E-state index in [4.69, 9.17) is 4.74 Å². The number of rotatable bonds is 13. The number of fused-ring (bicyclic) bond motifs is 2. The summed E-state index contributed by atoms with van der Waals surface area (Å²) >= 11 is 5.70. The average Bonchev–Trinajstić information content (AvgIpc) is 3.61. The Morgan fingerprint density at radius 2 is 1.49 bits per heavy atom. The zero-order valence-electron chi connectivity index (χ0n) is 38.1. The number of benzene rings is 5. The van der Waals surface area contributed by atoms with Crippen molar-refractivity contribution in [1.29, 1.82) is 0 Å². The third kappa shape index (κ3) is 11.9. The largest absolute Gasteiger partial charge is 0.478 e. The minimum Gasteiger partial charge on any atom is -0.478 e. The maximum atomic E-state index is 12.4. The highest BCUT2D eigenvalue weighted by Crippen LogP contribution is 2.48. The van der Waals surface area contributed by atoms with Gasteiger partial charge in [-0.15, -0.1) is 11.3 Å². The van der Waals surface area contributed by atoms with E-state index in [-0.39, 0.29) is 22.5 Å². The van der Waals surface area contributed by atoms with E-state index >= 15 is 0 Å². The van der Waals surface area contributed by atoms with Crippen molar-refractivity contribution >= 4 is 76.1 Å². The first kappa shape index (κ1) is 48.8. The number of carboxylic acid groups (broad SMARTS) is 1. The van der Waals surface area contributed by atoms with Gasteiger partial charge in [0.05, 0.1) is 21.5 Å². The molecule has 1 fully saturated rings. The highest BCUT2D eigenvalue weighted by molar-refractivity contribution is 9.11. The Kier molecular flexibility index (Phi) is 15.8. The van der Waals surface area contributed by atoms with Crippen molar-refractivity contribution in [1.82, 2.24) is 25.3 Å². The number of carbonyl (C=O) groups excluding carboxylic acids is 2. The number of thiophene rings is 1. The molecule has 1 saturated carbocycles. The molecule has 2 aromatic heterocycles. The summed E-state index contributed by atoms with van der Waals surface area (Å²) in [6.45, 7) is 10.5. The average molecular weight is 1010 g/mol. The number of aryl methyl sites for hydroxylation is 5. The lowest BCUT2D eigenvalue weighted by atomic mass is 9.91. The Bertz CT molecular complexity index is 3000. The summed E-state index contributed by atoms with van der Waals surface area (Å²) in [4.78, 5) is 45.5. The fraction of sp³-hybridized carbons (Fsp3) is 0.288. The van der Waals surface area contributed by atoms with Crippen molar-refractivity contribution in [2.75, 3.05) is 6.54 Å². The van der Waals surface area contributed by atoms with Crippen LogP contribution in [0.1, 0.15) is 81.0 Å². The molecule has 1 atom stereocenters. The number of aromatic nitrogens is 2. The highest BCUT2D eigenvalue weighted by atomic mass is 79.9. The smallest absolute Gasteiger partial charge is 0.345 e. The van der Waals surface area contributed by atoms with Crippen LogP contribution < -0.4 is 20.1 Å². The number of carbonyl (C=O) groups is 3. The molecule has 0 spiro atoms. The molecule has 8 rings (SSSR count). The molecular formula is C52H54BrN5O7S2. The predicted octanol–water partition coefficient (Wildman–Crippen LogP) is 10.9. The van der Waals surface area contributed by atoms with Gasteiger partial charge in [-0.1, -0.05) is 86.0 Å². The maximum Gasteiger partial charge on any atom is 0.345 e. The van der Waals surface area contributed by atoms with Gasteiger partial charge in [0.2, 0.25) is 0 Å². The molecule has 0 aliphatic heterocycles. The Hall–Kier alpha value is -6.16. The number of halogens is 1. The second-order valence-electron chi connectivity index (χ2n) is 16.9. The Morgan fingerprint density at radius 1 is 0.836 bits per heavy atom. The van der Waals surface area contributed by atoms with E-state index in [2.05, 4.69) is 91.5 Å². The molecule has 7 aromatic rings. The number of sulfonamides is 1. The first-order chi connectivity index (χ1) is 32.1. The zero-order valence-corrected chi connectivity index (χ0v) is 41.3. The van der Waals surface area contributed by atoms with Gasteiger partial charge in [0.1, 0.15) is 11.4 Å². The highest BCUT2D eigenvalue weighted by Gasteiger charge is 2.25. The molecule has 0 bridgehead atoms. The standard InChI is InChI=1S/C31H27BrO3S.C21H27N5O4S/c1-17-14-22(15-18(2)29(17)35-25(31(33)34)16-21-10-6-5-7-11-21)27-23-12-8-9-13-24(23)28(32)30-26(27)19(3)20(4)36-30;1-15-13-24-19(14-23-15)20(27)22-12-11-16-7-9-18(10-8-16)31(29,30)26-21(28)25-17-5-3-2-4-6-17/h5-15,25H,16H2,1-4H3,(H,33,34);7-10,13-14,17H,2-6,11-12H2,1H3,(H,22,27)(H2,25,26,28)/t25-;/m1./s1. The Labute approximate surface area is 403 Å². The van der Waals surface area contributed by atoms with Crippen LogP contribution >= 0.6 is 27.3 Å². The van der Waals surface area contributed by atoms with Gasteiger partial charge in [0.15, 0.2) is 6.10 Å². The van der Waals surface area contributed by atoms with Crippen LogP contribution in [-0.4, -0.2) is 60.1 Å². The number of aliphatic carboxylic acids is 1. The van der Waals surface area contributed by atoms with Gasteiger partial charge in [-0.2, -0.15) is 0 Å². The molecule has 67 heavy (non-hydrogen) atoms. The van der Waals surface area contributed by atoms with E-state index in [1.165, 1.54) is 61.4 Å². The molecule has 1 aliphatic carbocycles. The first-order valence-corrected chi connectivity index (χ1v) is 25.3. The van der Waals surface area contributed by atoms with Crippen LogP contribution in [0.4, 0.5) is 4.79 Å². The number of carboxylic acids is 1. The quantitative estimate of drug-likeness (QED) is 0.0876. The molecule has 1 aliphatic rings. The SMILES string of the molecule is Cc1cc(-c2c3ccccc3c(Br)c3sc(C)c(C)c23)cc(C)c1O[C@H](Cc1ccccc1)C(=O)O.Cc1cnc(C(=O)NCCc2ccc(S(=O)(=O)NC(=O)NC3CCCCC3)cc2)cn1. The van der Waals surface area contributed by atoms with E-state index in [9.17, 15) is 27.9 Å². The molecular weight excluding hydrogens is 951 g/mol. The molecule has 12 nitrogen and oxygen atoms in total. The summed E-state index contributed by atoms with van der Waals surface area (Å²) in [5, 5.41) is 19.0. The van der Waals surface area contributed by atoms with Crippen LogP contribution in [0.25, 0.3) is 32.0 Å². The number of hydrogen-bond donors (Lipinski definition) is 4. The fourth-order valence-corrected chi connectivity index (χ4v) is 11.2. The van der Waals surface area contributed by atoms with Gasteiger partial charge < -0.3 is 20.5 Å². The molecule has 0 radical (unpaired) electrons. The molecule has 348 valence electrons. The molecule has 0 unspecified atom stereocenters. The normalized spacial score (nSPS) is 13.3. The summed E-state index contributed by atoms with van der Waals surface area (Å²) < 4.78 is 35.5. The van der Waals surface area contributed by atoms with Crippen molar-refractivity contribution in [2.45, 2.75) is 96.6 Å². The van der Waals surface area contributed by atoms with Crippen molar-refractivity contribution in [3.63, 3.8) is 0 Å². The Morgan fingerprint density at radius 3 is 2.13 bits per heavy atom. The topological polar surface area (TPSA) is 177 Å². The third-order valence-electron chi connectivity index (χ3n) is 11.9. The molecule has 0 saturated heterocycles.